The summed E-state index contributed by atoms with van der Waals surface area (Å²) in [6, 6.07) is 1.90. The lowest BCUT2D eigenvalue weighted by atomic mass is 9.86. The van der Waals surface area contributed by atoms with Crippen LogP contribution in [0, 0.1) is 5.92 Å². The molecule has 0 bridgehead atoms. The van der Waals surface area contributed by atoms with Gasteiger partial charge in [-0.2, -0.15) is 20.5 Å². The molecule has 0 atom stereocenters. The topological polar surface area (TPSA) is 99.4 Å². The van der Waals surface area contributed by atoms with E-state index in [0.717, 1.165) is 18.0 Å². The second-order valence-corrected chi connectivity index (χ2v) is 5.30. The van der Waals surface area contributed by atoms with Gasteiger partial charge in [0, 0.05) is 11.8 Å². The van der Waals surface area contributed by atoms with Crippen LogP contribution in [0.5, 0.6) is 0 Å². The minimum atomic E-state index is -0.311. The van der Waals surface area contributed by atoms with Crippen LogP contribution in [-0.2, 0) is 6.42 Å². The highest BCUT2D eigenvalue weighted by atomic mass is 16.2. The van der Waals surface area contributed by atoms with Crippen LogP contribution < -0.4 is 5.32 Å². The van der Waals surface area contributed by atoms with Crippen molar-refractivity contribution in [2.45, 2.75) is 38.5 Å². The summed E-state index contributed by atoms with van der Waals surface area (Å²) in [5, 5.41) is 19.5. The molecule has 1 fully saturated rings. The summed E-state index contributed by atoms with van der Waals surface area (Å²) in [5.74, 6) is 0.960. The number of nitrogens with one attached hydrogen (secondary N) is 3. The number of rotatable bonds is 4. The van der Waals surface area contributed by atoms with Gasteiger partial charge in [-0.05, 0) is 12.3 Å². The van der Waals surface area contributed by atoms with Gasteiger partial charge in [-0.3, -0.25) is 9.89 Å². The van der Waals surface area contributed by atoms with E-state index in [-0.39, 0.29) is 11.6 Å². The number of hydrogen-bond donors (Lipinski definition) is 3. The molecule has 1 saturated carbocycles. The summed E-state index contributed by atoms with van der Waals surface area (Å²) in [4.78, 5) is 11.8. The Labute approximate surface area is 116 Å². The number of aromatic nitrogens is 5. The van der Waals surface area contributed by atoms with E-state index in [1.807, 2.05) is 6.07 Å². The minimum absolute atomic E-state index is 0.252. The van der Waals surface area contributed by atoms with E-state index < -0.39 is 0 Å². The van der Waals surface area contributed by atoms with Gasteiger partial charge in [0.1, 0.15) is 0 Å². The number of carbonyl (C=O) groups is 1. The Morgan fingerprint density at radius 2 is 2.15 bits per heavy atom. The summed E-state index contributed by atoms with van der Waals surface area (Å²) in [5.41, 5.74) is 1.33. The van der Waals surface area contributed by atoms with Crippen molar-refractivity contribution in [3.8, 4) is 0 Å². The van der Waals surface area contributed by atoms with Gasteiger partial charge in [-0.1, -0.05) is 32.1 Å². The fraction of sp³-hybridized carbons (Fsp3) is 0.538. The molecule has 1 aliphatic rings. The molecule has 7 heteroatoms. The molecule has 106 valence electrons. The van der Waals surface area contributed by atoms with Crippen LogP contribution in [0.4, 0.5) is 5.82 Å². The second-order valence-electron chi connectivity index (χ2n) is 5.30. The molecule has 2 aromatic heterocycles. The van der Waals surface area contributed by atoms with Crippen molar-refractivity contribution in [1.29, 1.82) is 0 Å². The molecule has 2 aromatic rings. The molecule has 1 aliphatic carbocycles. The van der Waals surface area contributed by atoms with E-state index >= 15 is 0 Å². The lowest BCUT2D eigenvalue weighted by Gasteiger charge is -2.20. The Morgan fingerprint density at radius 3 is 2.90 bits per heavy atom. The fourth-order valence-corrected chi connectivity index (χ4v) is 2.72. The molecular formula is C13H18N6O. The number of aromatic amines is 2. The van der Waals surface area contributed by atoms with E-state index in [1.165, 1.54) is 38.3 Å². The molecule has 0 aromatic carbocycles. The predicted molar refractivity (Wildman–Crippen MR) is 73.2 cm³/mol. The number of hydrogen-bond acceptors (Lipinski definition) is 4. The van der Waals surface area contributed by atoms with Gasteiger partial charge in [-0.25, -0.2) is 0 Å². The molecule has 1 amide bonds. The molecular weight excluding hydrogens is 256 g/mol. The average molecular weight is 274 g/mol. The highest BCUT2D eigenvalue weighted by Gasteiger charge is 2.16. The van der Waals surface area contributed by atoms with Crippen molar-refractivity contribution in [2.75, 3.05) is 5.32 Å². The van der Waals surface area contributed by atoms with E-state index in [1.54, 1.807) is 0 Å². The smallest absolute Gasteiger partial charge is 0.279 e. The maximum absolute atomic E-state index is 11.8. The number of anilines is 1. The van der Waals surface area contributed by atoms with Crippen molar-refractivity contribution < 1.29 is 4.79 Å². The number of carbonyl (C=O) groups excluding carboxylic acids is 1. The van der Waals surface area contributed by atoms with Crippen LogP contribution in [0.3, 0.4) is 0 Å². The first-order chi connectivity index (χ1) is 9.81. The molecule has 7 nitrogen and oxygen atoms in total. The Morgan fingerprint density at radius 1 is 1.30 bits per heavy atom. The number of H-pyrrole nitrogens is 2. The van der Waals surface area contributed by atoms with Gasteiger partial charge in [0.25, 0.3) is 5.91 Å². The number of nitrogens with zero attached hydrogens (tertiary/aromatic N) is 3. The molecule has 0 saturated heterocycles. The zero-order chi connectivity index (χ0) is 13.8. The van der Waals surface area contributed by atoms with Crippen LogP contribution >= 0.6 is 0 Å². The normalized spacial score (nSPS) is 16.2. The zero-order valence-electron chi connectivity index (χ0n) is 11.2. The van der Waals surface area contributed by atoms with Crippen LogP contribution in [0.25, 0.3) is 0 Å². The standard InChI is InChI=1S/C13H18N6O/c20-13(11-8-14-19-17-11)15-12-7-10(16-18-12)6-9-4-2-1-3-5-9/h7-9H,1-6H2,(H,14,17,19)(H2,15,16,18,20). The second kappa shape index (κ2) is 5.85. The highest BCUT2D eigenvalue weighted by molar-refractivity contribution is 6.01. The van der Waals surface area contributed by atoms with Gasteiger partial charge >= 0.3 is 0 Å². The number of amides is 1. The summed E-state index contributed by atoms with van der Waals surface area (Å²) in [6.45, 7) is 0. The molecule has 20 heavy (non-hydrogen) atoms. The van der Waals surface area contributed by atoms with Crippen molar-refractivity contribution in [2.24, 2.45) is 5.92 Å². The Kier molecular flexibility index (Phi) is 3.76. The lowest BCUT2D eigenvalue weighted by molar-refractivity contribution is 0.102. The first-order valence-corrected chi connectivity index (χ1v) is 7.02. The highest BCUT2D eigenvalue weighted by Crippen LogP contribution is 2.26. The zero-order valence-corrected chi connectivity index (χ0v) is 11.2. The van der Waals surface area contributed by atoms with Crippen molar-refractivity contribution in [3.05, 3.63) is 23.7 Å². The van der Waals surface area contributed by atoms with Gasteiger partial charge in [0.2, 0.25) is 0 Å². The molecule has 0 aliphatic heterocycles. The minimum Gasteiger partial charge on any atom is -0.304 e. The summed E-state index contributed by atoms with van der Waals surface area (Å²) in [6.07, 6.45) is 8.98. The predicted octanol–water partition coefficient (Wildman–Crippen LogP) is 1.90. The maximum Gasteiger partial charge on any atom is 0.279 e. The SMILES string of the molecule is O=C(Nc1cc(CC2CCCCC2)[nH]n1)c1cn[nH]n1. The molecule has 3 N–H and O–H groups in total. The van der Waals surface area contributed by atoms with Gasteiger partial charge in [0.15, 0.2) is 11.5 Å². The largest absolute Gasteiger partial charge is 0.304 e. The van der Waals surface area contributed by atoms with Gasteiger partial charge in [-0.15, -0.1) is 0 Å². The van der Waals surface area contributed by atoms with Crippen molar-refractivity contribution in [3.63, 3.8) is 0 Å². The summed E-state index contributed by atoms with van der Waals surface area (Å²) < 4.78 is 0. The maximum atomic E-state index is 11.8. The van der Waals surface area contributed by atoms with Gasteiger partial charge in [0.05, 0.1) is 6.20 Å². The van der Waals surface area contributed by atoms with Gasteiger partial charge < -0.3 is 5.32 Å². The summed E-state index contributed by atoms with van der Waals surface area (Å²) in [7, 11) is 0. The summed E-state index contributed by atoms with van der Waals surface area (Å²) >= 11 is 0. The third-order valence-corrected chi connectivity index (χ3v) is 3.75. The van der Waals surface area contributed by atoms with Crippen molar-refractivity contribution >= 4 is 11.7 Å². The Hall–Kier alpha value is -2.18. The van der Waals surface area contributed by atoms with E-state index in [9.17, 15) is 4.79 Å². The first-order valence-electron chi connectivity index (χ1n) is 7.02. The Balaban J connectivity index is 1.57. The average Bonchev–Trinajstić information content (AvgIpc) is 3.11. The van der Waals surface area contributed by atoms with Crippen LogP contribution in [0.15, 0.2) is 12.3 Å². The molecule has 0 radical (unpaired) electrons. The molecule has 3 rings (SSSR count). The van der Waals surface area contributed by atoms with Crippen LogP contribution in [0.2, 0.25) is 0 Å². The fourth-order valence-electron chi connectivity index (χ4n) is 2.72. The van der Waals surface area contributed by atoms with E-state index in [4.69, 9.17) is 0 Å². The first kappa shape index (κ1) is 12.8. The molecule has 2 heterocycles. The third-order valence-electron chi connectivity index (χ3n) is 3.75. The van der Waals surface area contributed by atoms with Crippen LogP contribution in [-0.4, -0.2) is 31.5 Å². The monoisotopic (exact) mass is 274 g/mol. The lowest BCUT2D eigenvalue weighted by Crippen LogP contribution is -2.12. The molecule has 0 spiro atoms. The quantitative estimate of drug-likeness (QED) is 0.792. The van der Waals surface area contributed by atoms with Crippen molar-refractivity contribution in [1.82, 2.24) is 25.6 Å². The molecule has 0 unspecified atom stereocenters. The van der Waals surface area contributed by atoms with Crippen LogP contribution in [0.1, 0.15) is 48.3 Å². The third kappa shape index (κ3) is 3.04. The van der Waals surface area contributed by atoms with E-state index in [0.29, 0.717) is 5.82 Å². The Bertz CT molecular complexity index is 555. The van der Waals surface area contributed by atoms with E-state index in [2.05, 4.69) is 30.9 Å².